The zero-order valence-electron chi connectivity index (χ0n) is 18.8. The predicted molar refractivity (Wildman–Crippen MR) is 137 cm³/mol. The quantitative estimate of drug-likeness (QED) is 0.287. The molecule has 7 heteroatoms. The third-order valence-corrected chi connectivity index (χ3v) is 6.49. The molecule has 2 aromatic heterocycles. The highest BCUT2D eigenvalue weighted by atomic mass is 32.1. The predicted octanol–water partition coefficient (Wildman–Crippen LogP) is 6.51. The average molecular weight is 467 g/mol. The lowest BCUT2D eigenvalue weighted by Gasteiger charge is -2.16. The Labute approximate surface area is 201 Å². The van der Waals surface area contributed by atoms with Crippen molar-refractivity contribution < 1.29 is 9.53 Å². The Morgan fingerprint density at radius 3 is 2.32 bits per heavy atom. The fourth-order valence-corrected chi connectivity index (χ4v) is 4.78. The summed E-state index contributed by atoms with van der Waals surface area (Å²) in [4.78, 5) is 17.8. The van der Waals surface area contributed by atoms with Crippen LogP contribution in [0.4, 0.5) is 10.9 Å². The summed E-state index contributed by atoms with van der Waals surface area (Å²) in [5, 5.41) is 12.8. The minimum Gasteiger partial charge on any atom is -0.465 e. The van der Waals surface area contributed by atoms with Crippen LogP contribution in [-0.2, 0) is 11.2 Å². The average Bonchev–Trinajstić information content (AvgIpc) is 3.30. The molecular formula is C27H22N4O2S. The number of ether oxygens (including phenoxy) is 1. The van der Waals surface area contributed by atoms with Crippen LogP contribution in [0.2, 0.25) is 0 Å². The second-order valence-electron chi connectivity index (χ2n) is 7.67. The maximum atomic E-state index is 13.1. The van der Waals surface area contributed by atoms with Crippen LogP contribution in [0.25, 0.3) is 32.6 Å². The van der Waals surface area contributed by atoms with E-state index < -0.39 is 5.97 Å². The van der Waals surface area contributed by atoms with Crippen molar-refractivity contribution in [3.63, 3.8) is 0 Å². The number of anilines is 2. The molecule has 0 spiro atoms. The van der Waals surface area contributed by atoms with Crippen molar-refractivity contribution in [1.82, 2.24) is 15.2 Å². The standard InChI is InChI=1S/C27H22N4O2S/c1-3-17-14-15-20-21(16-17)34-27(28-20)29-25-23(26(32)33-2)22(18-10-6-4-7-11-18)24(30-31-25)19-12-8-5-9-13-19/h4-16H,3H2,1-2H3,(H,28,29,31). The van der Waals surface area contributed by atoms with Crippen molar-refractivity contribution in [2.45, 2.75) is 13.3 Å². The number of esters is 1. The number of aryl methyl sites for hydroxylation is 1. The fraction of sp³-hybridized carbons (Fsp3) is 0.111. The number of fused-ring (bicyclic) bond motifs is 1. The normalized spacial score (nSPS) is 10.9. The van der Waals surface area contributed by atoms with Crippen LogP contribution in [-0.4, -0.2) is 28.3 Å². The molecule has 0 radical (unpaired) electrons. The summed E-state index contributed by atoms with van der Waals surface area (Å²) in [5.74, 6) is -0.192. The van der Waals surface area contributed by atoms with E-state index in [4.69, 9.17) is 4.74 Å². The zero-order valence-corrected chi connectivity index (χ0v) is 19.6. The first kappa shape index (κ1) is 21.7. The van der Waals surface area contributed by atoms with Crippen molar-refractivity contribution in [1.29, 1.82) is 0 Å². The van der Waals surface area contributed by atoms with Gasteiger partial charge in [-0.1, -0.05) is 85.0 Å². The van der Waals surface area contributed by atoms with Crippen molar-refractivity contribution in [3.05, 3.63) is 90.0 Å². The Hall–Kier alpha value is -4.10. The molecule has 6 nitrogen and oxygen atoms in total. The second kappa shape index (κ2) is 9.41. The van der Waals surface area contributed by atoms with E-state index in [1.54, 1.807) is 0 Å². The zero-order chi connectivity index (χ0) is 23.5. The Kier molecular flexibility index (Phi) is 6.01. The summed E-state index contributed by atoms with van der Waals surface area (Å²) < 4.78 is 6.26. The van der Waals surface area contributed by atoms with Crippen molar-refractivity contribution >= 4 is 38.5 Å². The largest absolute Gasteiger partial charge is 0.465 e. The molecule has 0 atom stereocenters. The van der Waals surface area contributed by atoms with Crippen molar-refractivity contribution in [2.75, 3.05) is 12.4 Å². The number of nitrogens with one attached hydrogen (secondary N) is 1. The third kappa shape index (κ3) is 4.13. The van der Waals surface area contributed by atoms with Crippen LogP contribution in [0.5, 0.6) is 0 Å². The number of benzene rings is 3. The van der Waals surface area contributed by atoms with Crippen LogP contribution in [0.15, 0.2) is 78.9 Å². The molecule has 0 saturated carbocycles. The lowest BCUT2D eigenvalue weighted by atomic mass is 9.95. The van der Waals surface area contributed by atoms with E-state index in [-0.39, 0.29) is 0 Å². The molecule has 1 N–H and O–H groups in total. The van der Waals surface area contributed by atoms with E-state index in [0.717, 1.165) is 27.8 Å². The van der Waals surface area contributed by atoms with Gasteiger partial charge in [-0.05, 0) is 29.7 Å². The molecule has 0 fully saturated rings. The molecule has 0 saturated heterocycles. The second-order valence-corrected chi connectivity index (χ2v) is 8.70. The smallest absolute Gasteiger partial charge is 0.342 e. The van der Waals surface area contributed by atoms with Gasteiger partial charge in [-0.3, -0.25) is 0 Å². The molecule has 0 aliphatic rings. The highest BCUT2D eigenvalue weighted by Crippen LogP contribution is 2.38. The highest BCUT2D eigenvalue weighted by Gasteiger charge is 2.26. The number of nitrogens with zero attached hydrogens (tertiary/aromatic N) is 3. The molecule has 5 aromatic rings. The Morgan fingerprint density at radius 1 is 0.941 bits per heavy atom. The summed E-state index contributed by atoms with van der Waals surface area (Å²) in [6.45, 7) is 2.12. The van der Waals surface area contributed by atoms with Crippen molar-refractivity contribution in [3.8, 4) is 22.4 Å². The third-order valence-electron chi connectivity index (χ3n) is 5.56. The molecule has 0 unspecified atom stereocenters. The molecular weight excluding hydrogens is 444 g/mol. The van der Waals surface area contributed by atoms with Crippen molar-refractivity contribution in [2.24, 2.45) is 0 Å². The summed E-state index contributed by atoms with van der Waals surface area (Å²) in [5.41, 5.74) is 5.42. The van der Waals surface area contributed by atoms with E-state index in [0.29, 0.717) is 27.8 Å². The summed E-state index contributed by atoms with van der Waals surface area (Å²) >= 11 is 1.51. The highest BCUT2D eigenvalue weighted by molar-refractivity contribution is 7.22. The van der Waals surface area contributed by atoms with Gasteiger partial charge < -0.3 is 10.1 Å². The minimum absolute atomic E-state index is 0.306. The van der Waals surface area contributed by atoms with Gasteiger partial charge in [-0.2, -0.15) is 0 Å². The van der Waals surface area contributed by atoms with Gasteiger partial charge in [0.2, 0.25) is 0 Å². The maximum Gasteiger partial charge on any atom is 0.342 e. The Balaban J connectivity index is 1.69. The number of thiazole rings is 1. The molecule has 5 rings (SSSR count). The van der Waals surface area contributed by atoms with Crippen LogP contribution in [0.3, 0.4) is 0 Å². The molecule has 0 amide bonds. The van der Waals surface area contributed by atoms with Gasteiger partial charge in [-0.15, -0.1) is 10.2 Å². The van der Waals surface area contributed by atoms with Gasteiger partial charge in [0.25, 0.3) is 0 Å². The number of rotatable bonds is 6. The van der Waals surface area contributed by atoms with Crippen LogP contribution in [0.1, 0.15) is 22.8 Å². The van der Waals surface area contributed by atoms with Gasteiger partial charge in [0, 0.05) is 11.1 Å². The maximum absolute atomic E-state index is 13.1. The SMILES string of the molecule is CCc1ccc2nc(Nc3nnc(-c4ccccc4)c(-c4ccccc4)c3C(=O)OC)sc2c1. The van der Waals surface area contributed by atoms with Crippen LogP contribution < -0.4 is 5.32 Å². The number of carbonyl (C=O) groups is 1. The van der Waals surface area contributed by atoms with Gasteiger partial charge in [0.05, 0.1) is 17.3 Å². The number of hydrogen-bond acceptors (Lipinski definition) is 7. The lowest BCUT2D eigenvalue weighted by molar-refractivity contribution is 0.0602. The Morgan fingerprint density at radius 2 is 1.65 bits per heavy atom. The monoisotopic (exact) mass is 466 g/mol. The molecule has 2 heterocycles. The lowest BCUT2D eigenvalue weighted by Crippen LogP contribution is -2.12. The Bertz CT molecular complexity index is 1470. The molecule has 0 aliphatic heterocycles. The first-order chi connectivity index (χ1) is 16.7. The van der Waals surface area contributed by atoms with Crippen LogP contribution >= 0.6 is 11.3 Å². The van der Waals surface area contributed by atoms with Gasteiger partial charge in [0.1, 0.15) is 11.3 Å². The molecule has 0 aliphatic carbocycles. The van der Waals surface area contributed by atoms with E-state index in [1.165, 1.54) is 24.0 Å². The van der Waals surface area contributed by atoms with Gasteiger partial charge in [-0.25, -0.2) is 9.78 Å². The topological polar surface area (TPSA) is 77.0 Å². The summed E-state index contributed by atoms with van der Waals surface area (Å²) in [6.07, 6.45) is 0.954. The number of carbonyl (C=O) groups excluding carboxylic acids is 1. The first-order valence-electron chi connectivity index (χ1n) is 10.9. The molecule has 0 bridgehead atoms. The van der Waals surface area contributed by atoms with Crippen LogP contribution in [0, 0.1) is 0 Å². The summed E-state index contributed by atoms with van der Waals surface area (Å²) in [7, 11) is 1.37. The van der Waals surface area contributed by atoms with Gasteiger partial charge >= 0.3 is 5.97 Å². The fourth-order valence-electron chi connectivity index (χ4n) is 3.85. The molecule has 168 valence electrons. The molecule has 3 aromatic carbocycles. The summed E-state index contributed by atoms with van der Waals surface area (Å²) in [6, 6.07) is 25.6. The minimum atomic E-state index is -0.497. The number of aromatic nitrogens is 3. The first-order valence-corrected chi connectivity index (χ1v) is 11.8. The number of hydrogen-bond donors (Lipinski definition) is 1. The number of methoxy groups -OCH3 is 1. The van der Waals surface area contributed by atoms with E-state index >= 15 is 0 Å². The van der Waals surface area contributed by atoms with E-state index in [2.05, 4.69) is 39.6 Å². The van der Waals surface area contributed by atoms with E-state index in [1.807, 2.05) is 66.7 Å². The molecule has 34 heavy (non-hydrogen) atoms. The van der Waals surface area contributed by atoms with Gasteiger partial charge in [0.15, 0.2) is 10.9 Å². The van der Waals surface area contributed by atoms with E-state index in [9.17, 15) is 4.79 Å².